The zero-order chi connectivity index (χ0) is 22.1. The predicted molar refractivity (Wildman–Crippen MR) is 117 cm³/mol. The number of esters is 1. The fraction of sp³-hybridized carbons (Fsp3) is 0.0870. The molecule has 3 aromatic heterocycles. The highest BCUT2D eigenvalue weighted by atomic mass is 16.5. The van der Waals surface area contributed by atoms with Gasteiger partial charge in [-0.2, -0.15) is 9.78 Å². The van der Waals surface area contributed by atoms with Crippen LogP contribution in [0, 0.1) is 0 Å². The average Bonchev–Trinajstić information content (AvgIpc) is 3.45. The molecule has 0 aliphatic carbocycles. The Balaban J connectivity index is 1.57. The second-order valence-electron chi connectivity index (χ2n) is 6.89. The lowest BCUT2D eigenvalue weighted by atomic mass is 10.2. The number of hydrogen-bond donors (Lipinski definition) is 1. The van der Waals surface area contributed by atoms with E-state index in [0.29, 0.717) is 22.5 Å². The molecule has 2 aromatic carbocycles. The minimum atomic E-state index is -0.596. The normalized spacial score (nSPS) is 11.0. The summed E-state index contributed by atoms with van der Waals surface area (Å²) >= 11 is 0. The van der Waals surface area contributed by atoms with Crippen LogP contribution in [0.3, 0.4) is 0 Å². The van der Waals surface area contributed by atoms with Crippen LogP contribution in [0.15, 0.2) is 71.6 Å². The molecule has 0 atom stereocenters. The van der Waals surface area contributed by atoms with Gasteiger partial charge in [0.1, 0.15) is 11.1 Å². The molecule has 0 saturated heterocycles. The molecule has 0 fully saturated rings. The number of oxazole rings is 1. The Morgan fingerprint density at radius 3 is 2.84 bits per heavy atom. The molecule has 9 heteroatoms. The maximum Gasteiger partial charge on any atom is 0.343 e. The van der Waals surface area contributed by atoms with Crippen molar-refractivity contribution in [2.24, 2.45) is 0 Å². The molecular weight excluding hydrogens is 410 g/mol. The monoisotopic (exact) mass is 427 g/mol. The molecule has 158 valence electrons. The molecule has 5 aromatic rings. The molecule has 1 N–H and O–H groups in total. The molecule has 0 spiro atoms. The van der Waals surface area contributed by atoms with Gasteiger partial charge in [0.25, 0.3) is 5.91 Å². The standard InChI is InChI=1S/C23H17N5O4/c1-2-31-23(30)16-12-25-28(20-10-8-14-5-3-4-6-17(14)26-20)21(16)27-22(29)15-7-9-19-18(11-15)24-13-32-19/h3-13H,2H2,1H3,(H,27,29). The molecule has 0 radical (unpaired) electrons. The Bertz CT molecular complexity index is 1470. The van der Waals surface area contributed by atoms with E-state index in [4.69, 9.17) is 9.15 Å². The van der Waals surface area contributed by atoms with Crippen molar-refractivity contribution >= 4 is 39.7 Å². The first-order valence-electron chi connectivity index (χ1n) is 9.90. The van der Waals surface area contributed by atoms with Crippen molar-refractivity contribution < 1.29 is 18.7 Å². The van der Waals surface area contributed by atoms with Gasteiger partial charge in [-0.3, -0.25) is 4.79 Å². The van der Waals surface area contributed by atoms with E-state index in [1.807, 2.05) is 30.3 Å². The number of anilines is 1. The van der Waals surface area contributed by atoms with Crippen LogP contribution < -0.4 is 5.32 Å². The lowest BCUT2D eigenvalue weighted by molar-refractivity contribution is 0.0527. The van der Waals surface area contributed by atoms with Gasteiger partial charge in [0.2, 0.25) is 0 Å². The number of nitrogens with one attached hydrogen (secondary N) is 1. The highest BCUT2D eigenvalue weighted by Gasteiger charge is 2.23. The van der Waals surface area contributed by atoms with Crippen LogP contribution >= 0.6 is 0 Å². The fourth-order valence-electron chi connectivity index (χ4n) is 3.35. The number of fused-ring (bicyclic) bond motifs is 2. The first kappa shape index (κ1) is 19.4. The number of aromatic nitrogens is 4. The minimum absolute atomic E-state index is 0.123. The number of carbonyl (C=O) groups is 2. The van der Waals surface area contributed by atoms with Crippen LogP contribution in [0.5, 0.6) is 0 Å². The zero-order valence-corrected chi connectivity index (χ0v) is 17.0. The van der Waals surface area contributed by atoms with E-state index in [9.17, 15) is 9.59 Å². The quantitative estimate of drug-likeness (QED) is 0.422. The lowest BCUT2D eigenvalue weighted by Gasteiger charge is -2.11. The fourth-order valence-corrected chi connectivity index (χ4v) is 3.35. The zero-order valence-electron chi connectivity index (χ0n) is 17.0. The molecular formula is C23H17N5O4. The van der Waals surface area contributed by atoms with E-state index >= 15 is 0 Å². The summed E-state index contributed by atoms with van der Waals surface area (Å²) in [7, 11) is 0. The molecule has 1 amide bonds. The van der Waals surface area contributed by atoms with Gasteiger partial charge in [0.15, 0.2) is 23.6 Å². The SMILES string of the molecule is CCOC(=O)c1cnn(-c2ccc3ccccc3n2)c1NC(=O)c1ccc2ocnc2c1. The first-order chi connectivity index (χ1) is 15.6. The Morgan fingerprint density at radius 2 is 1.97 bits per heavy atom. The maximum atomic E-state index is 13.0. The van der Waals surface area contributed by atoms with Crippen LogP contribution in [-0.2, 0) is 4.74 Å². The van der Waals surface area contributed by atoms with E-state index in [1.165, 1.54) is 17.3 Å². The summed E-state index contributed by atoms with van der Waals surface area (Å²) in [6.45, 7) is 1.90. The number of rotatable bonds is 5. The smallest absolute Gasteiger partial charge is 0.343 e. The largest absolute Gasteiger partial charge is 0.462 e. The molecule has 5 rings (SSSR count). The Hall–Kier alpha value is -4.53. The van der Waals surface area contributed by atoms with Gasteiger partial charge in [-0.05, 0) is 43.3 Å². The summed E-state index contributed by atoms with van der Waals surface area (Å²) in [5.41, 5.74) is 2.34. The van der Waals surface area contributed by atoms with Crippen LogP contribution in [0.25, 0.3) is 27.8 Å². The minimum Gasteiger partial charge on any atom is -0.462 e. The molecule has 0 saturated carbocycles. The number of ether oxygens (including phenoxy) is 1. The number of amides is 1. The van der Waals surface area contributed by atoms with Gasteiger partial charge in [-0.15, -0.1) is 0 Å². The molecule has 0 aliphatic heterocycles. The van der Waals surface area contributed by atoms with E-state index in [2.05, 4.69) is 20.4 Å². The second kappa shape index (κ2) is 7.95. The number of nitrogens with zero attached hydrogens (tertiary/aromatic N) is 4. The van der Waals surface area contributed by atoms with E-state index < -0.39 is 11.9 Å². The van der Waals surface area contributed by atoms with Crippen molar-refractivity contribution in [2.45, 2.75) is 6.92 Å². The third-order valence-electron chi connectivity index (χ3n) is 4.89. The van der Waals surface area contributed by atoms with Gasteiger partial charge in [-0.1, -0.05) is 18.2 Å². The molecule has 0 bridgehead atoms. The van der Waals surface area contributed by atoms with Gasteiger partial charge in [0, 0.05) is 10.9 Å². The molecule has 0 unspecified atom stereocenters. The highest BCUT2D eigenvalue weighted by Crippen LogP contribution is 2.24. The van der Waals surface area contributed by atoms with Crippen LogP contribution in [0.4, 0.5) is 5.82 Å². The Kier molecular flexibility index (Phi) is 4.83. The van der Waals surface area contributed by atoms with Crippen molar-refractivity contribution in [3.05, 3.63) is 78.3 Å². The summed E-state index contributed by atoms with van der Waals surface area (Å²) in [6, 6.07) is 16.2. The molecule has 9 nitrogen and oxygen atoms in total. The number of hydrogen-bond acceptors (Lipinski definition) is 7. The average molecular weight is 427 g/mol. The molecule has 0 aliphatic rings. The third kappa shape index (κ3) is 3.45. The van der Waals surface area contributed by atoms with Crippen molar-refractivity contribution in [2.75, 3.05) is 11.9 Å². The number of benzene rings is 2. The Labute approximate surface area is 181 Å². The first-order valence-corrected chi connectivity index (χ1v) is 9.90. The van der Waals surface area contributed by atoms with Crippen LogP contribution in [-0.4, -0.2) is 38.2 Å². The summed E-state index contributed by atoms with van der Waals surface area (Å²) < 4.78 is 11.8. The van der Waals surface area contributed by atoms with Gasteiger partial charge in [-0.25, -0.2) is 14.8 Å². The molecule has 32 heavy (non-hydrogen) atoms. The van der Waals surface area contributed by atoms with Crippen molar-refractivity contribution in [1.82, 2.24) is 19.7 Å². The van der Waals surface area contributed by atoms with Crippen LogP contribution in [0.1, 0.15) is 27.6 Å². The van der Waals surface area contributed by atoms with Crippen molar-refractivity contribution in [3.63, 3.8) is 0 Å². The van der Waals surface area contributed by atoms with Crippen molar-refractivity contribution in [1.29, 1.82) is 0 Å². The lowest BCUT2D eigenvalue weighted by Crippen LogP contribution is -2.18. The van der Waals surface area contributed by atoms with Gasteiger partial charge >= 0.3 is 5.97 Å². The van der Waals surface area contributed by atoms with Crippen LogP contribution in [0.2, 0.25) is 0 Å². The van der Waals surface area contributed by atoms with E-state index in [1.54, 1.807) is 31.2 Å². The third-order valence-corrected chi connectivity index (χ3v) is 4.89. The van der Waals surface area contributed by atoms with Gasteiger partial charge in [0.05, 0.1) is 18.3 Å². The summed E-state index contributed by atoms with van der Waals surface area (Å²) in [5, 5.41) is 8.04. The summed E-state index contributed by atoms with van der Waals surface area (Å²) in [6.07, 6.45) is 2.66. The van der Waals surface area contributed by atoms with Crippen molar-refractivity contribution in [3.8, 4) is 5.82 Å². The number of para-hydroxylation sites is 1. The predicted octanol–water partition coefficient (Wildman–Crippen LogP) is 3.99. The highest BCUT2D eigenvalue weighted by molar-refractivity contribution is 6.08. The number of carbonyl (C=O) groups excluding carboxylic acids is 2. The van der Waals surface area contributed by atoms with E-state index in [0.717, 1.165) is 10.9 Å². The van der Waals surface area contributed by atoms with E-state index in [-0.39, 0.29) is 18.0 Å². The number of pyridine rings is 1. The van der Waals surface area contributed by atoms with Gasteiger partial charge < -0.3 is 14.5 Å². The summed E-state index contributed by atoms with van der Waals surface area (Å²) in [5.74, 6) is -0.428. The summed E-state index contributed by atoms with van der Waals surface area (Å²) in [4.78, 5) is 34.2. The topological polar surface area (TPSA) is 112 Å². The molecule has 3 heterocycles. The maximum absolute atomic E-state index is 13.0. The Morgan fingerprint density at radius 1 is 1.09 bits per heavy atom. The second-order valence-corrected chi connectivity index (χ2v) is 6.89.